The number of anilines is 1. The van der Waals surface area contributed by atoms with Crippen LogP contribution in [0, 0.1) is 5.92 Å². The molecule has 2 rings (SSSR count). The van der Waals surface area contributed by atoms with Crippen LogP contribution in [0.25, 0.3) is 0 Å². The van der Waals surface area contributed by atoms with Crippen molar-refractivity contribution in [2.75, 3.05) is 25.5 Å². The first kappa shape index (κ1) is 13.1. The molecule has 0 aromatic carbocycles. The van der Waals surface area contributed by atoms with Gasteiger partial charge in [0.25, 0.3) is 5.91 Å². The normalized spacial score (nSPS) is 16.5. The first-order chi connectivity index (χ1) is 8.66. The van der Waals surface area contributed by atoms with E-state index in [9.17, 15) is 4.79 Å². The molecule has 3 N–H and O–H groups in total. The minimum atomic E-state index is -0.208. The van der Waals surface area contributed by atoms with Crippen molar-refractivity contribution in [3.63, 3.8) is 0 Å². The van der Waals surface area contributed by atoms with Crippen LogP contribution in [-0.4, -0.2) is 30.6 Å². The lowest BCUT2D eigenvalue weighted by Gasteiger charge is -2.22. The highest BCUT2D eigenvalue weighted by atomic mass is 35.5. The van der Waals surface area contributed by atoms with Gasteiger partial charge in [-0.3, -0.25) is 4.79 Å². The third-order valence-corrected chi connectivity index (χ3v) is 3.31. The van der Waals surface area contributed by atoms with Crippen molar-refractivity contribution in [2.24, 2.45) is 5.92 Å². The van der Waals surface area contributed by atoms with E-state index < -0.39 is 0 Å². The summed E-state index contributed by atoms with van der Waals surface area (Å²) in [6.07, 6.45) is 3.35. The maximum atomic E-state index is 12.0. The highest BCUT2D eigenvalue weighted by molar-refractivity contribution is 6.33. The largest absolute Gasteiger partial charge is 0.384 e. The lowest BCUT2D eigenvalue weighted by molar-refractivity contribution is 0.0642. The molecule has 0 atom stereocenters. The van der Waals surface area contributed by atoms with Gasteiger partial charge in [0.15, 0.2) is 0 Å². The molecule has 98 valence electrons. The minimum Gasteiger partial charge on any atom is -0.384 e. The second-order valence-corrected chi connectivity index (χ2v) is 4.76. The van der Waals surface area contributed by atoms with E-state index in [2.05, 4.69) is 10.3 Å². The Morgan fingerprint density at radius 1 is 1.56 bits per heavy atom. The van der Waals surface area contributed by atoms with E-state index in [1.807, 2.05) is 0 Å². The Morgan fingerprint density at radius 2 is 2.28 bits per heavy atom. The molecular formula is C12H16ClN3O2. The summed E-state index contributed by atoms with van der Waals surface area (Å²) in [5, 5.41) is 3.19. The summed E-state index contributed by atoms with van der Waals surface area (Å²) in [7, 11) is 0. The van der Waals surface area contributed by atoms with Crippen LogP contribution in [0.5, 0.6) is 0 Å². The highest BCUT2D eigenvalue weighted by Crippen LogP contribution is 2.17. The van der Waals surface area contributed by atoms with Crippen molar-refractivity contribution in [3.05, 3.63) is 22.8 Å². The van der Waals surface area contributed by atoms with Gasteiger partial charge in [-0.1, -0.05) is 11.6 Å². The molecule has 1 aromatic heterocycles. The molecule has 0 aliphatic carbocycles. The standard InChI is InChI=1S/C12H16ClN3O2/c13-10-7-15-11(14)5-9(10)12(17)16-6-8-1-3-18-4-2-8/h5,7-8H,1-4,6H2,(H2,14,15)(H,16,17). The van der Waals surface area contributed by atoms with Gasteiger partial charge in [0.2, 0.25) is 0 Å². The number of carbonyl (C=O) groups excluding carboxylic acids is 1. The maximum absolute atomic E-state index is 12.0. The van der Waals surface area contributed by atoms with Gasteiger partial charge in [0.05, 0.1) is 10.6 Å². The summed E-state index contributed by atoms with van der Waals surface area (Å²) >= 11 is 5.91. The SMILES string of the molecule is Nc1cc(C(=O)NCC2CCOCC2)c(Cl)cn1. The van der Waals surface area contributed by atoms with Crippen LogP contribution in [0.3, 0.4) is 0 Å². The second kappa shape index (κ2) is 6.02. The Labute approximate surface area is 111 Å². The summed E-state index contributed by atoms with van der Waals surface area (Å²) in [5.74, 6) is 0.553. The van der Waals surface area contributed by atoms with Crippen molar-refractivity contribution < 1.29 is 9.53 Å². The molecule has 0 bridgehead atoms. The van der Waals surface area contributed by atoms with Gasteiger partial charge in [0, 0.05) is 26.0 Å². The zero-order valence-electron chi connectivity index (χ0n) is 9.99. The van der Waals surface area contributed by atoms with Crippen molar-refractivity contribution in [1.29, 1.82) is 0 Å². The van der Waals surface area contributed by atoms with E-state index >= 15 is 0 Å². The van der Waals surface area contributed by atoms with Crippen molar-refractivity contribution in [1.82, 2.24) is 10.3 Å². The van der Waals surface area contributed by atoms with Gasteiger partial charge in [-0.05, 0) is 24.8 Å². The highest BCUT2D eigenvalue weighted by Gasteiger charge is 2.16. The smallest absolute Gasteiger partial charge is 0.252 e. The number of hydrogen-bond acceptors (Lipinski definition) is 4. The van der Waals surface area contributed by atoms with Gasteiger partial charge in [0.1, 0.15) is 5.82 Å². The summed E-state index contributed by atoms with van der Waals surface area (Å²) < 4.78 is 5.27. The predicted molar refractivity (Wildman–Crippen MR) is 69.5 cm³/mol. The van der Waals surface area contributed by atoms with Crippen molar-refractivity contribution in [3.8, 4) is 0 Å². The number of halogens is 1. The van der Waals surface area contributed by atoms with E-state index in [1.165, 1.54) is 12.3 Å². The molecule has 0 saturated carbocycles. The van der Waals surface area contributed by atoms with Crippen LogP contribution in [0.1, 0.15) is 23.2 Å². The topological polar surface area (TPSA) is 77.2 Å². The van der Waals surface area contributed by atoms with Crippen LogP contribution in [-0.2, 0) is 4.74 Å². The molecule has 6 heteroatoms. The predicted octanol–water partition coefficient (Wildman–Crippen LogP) is 1.47. The van der Waals surface area contributed by atoms with E-state index in [-0.39, 0.29) is 11.7 Å². The molecule has 18 heavy (non-hydrogen) atoms. The number of nitrogens with two attached hydrogens (primary N) is 1. The average molecular weight is 270 g/mol. The lowest BCUT2D eigenvalue weighted by atomic mass is 10.0. The Kier molecular flexibility index (Phi) is 4.38. The van der Waals surface area contributed by atoms with Crippen molar-refractivity contribution >= 4 is 23.3 Å². The number of nitrogens with zero attached hydrogens (tertiary/aromatic N) is 1. The number of rotatable bonds is 3. The molecule has 5 nitrogen and oxygen atoms in total. The molecule has 2 heterocycles. The van der Waals surface area contributed by atoms with Crippen molar-refractivity contribution in [2.45, 2.75) is 12.8 Å². The average Bonchev–Trinajstić information content (AvgIpc) is 2.40. The summed E-state index contributed by atoms with van der Waals surface area (Å²) in [6.45, 7) is 2.17. The molecular weight excluding hydrogens is 254 g/mol. The molecule has 0 spiro atoms. The summed E-state index contributed by atoms with van der Waals surface area (Å²) in [6, 6.07) is 1.49. The zero-order valence-corrected chi connectivity index (χ0v) is 10.7. The third-order valence-electron chi connectivity index (χ3n) is 3.01. The van der Waals surface area contributed by atoms with Gasteiger partial charge >= 0.3 is 0 Å². The van der Waals surface area contributed by atoms with Crippen LogP contribution in [0.15, 0.2) is 12.3 Å². The Bertz CT molecular complexity index is 433. The fourth-order valence-electron chi connectivity index (χ4n) is 1.91. The summed E-state index contributed by atoms with van der Waals surface area (Å²) in [5.41, 5.74) is 5.91. The van der Waals surface area contributed by atoms with E-state index in [0.717, 1.165) is 26.1 Å². The number of hydrogen-bond donors (Lipinski definition) is 2. The second-order valence-electron chi connectivity index (χ2n) is 4.35. The number of aromatic nitrogens is 1. The Balaban J connectivity index is 1.92. The van der Waals surface area contributed by atoms with Gasteiger partial charge < -0.3 is 15.8 Å². The molecule has 1 aliphatic heterocycles. The van der Waals surface area contributed by atoms with Crippen LogP contribution in [0.2, 0.25) is 5.02 Å². The van der Waals surface area contributed by atoms with Crippen LogP contribution >= 0.6 is 11.6 Å². The Hall–Kier alpha value is -1.33. The minimum absolute atomic E-state index is 0.208. The monoisotopic (exact) mass is 269 g/mol. The molecule has 1 saturated heterocycles. The van der Waals surface area contributed by atoms with E-state index in [4.69, 9.17) is 22.1 Å². The first-order valence-corrected chi connectivity index (χ1v) is 6.31. The van der Waals surface area contributed by atoms with Gasteiger partial charge in [-0.15, -0.1) is 0 Å². The van der Waals surface area contributed by atoms with Gasteiger partial charge in [-0.2, -0.15) is 0 Å². The van der Waals surface area contributed by atoms with E-state index in [0.29, 0.717) is 23.0 Å². The number of carbonyl (C=O) groups is 1. The third kappa shape index (κ3) is 3.34. The fourth-order valence-corrected chi connectivity index (χ4v) is 2.10. The number of nitrogens with one attached hydrogen (secondary N) is 1. The molecule has 1 fully saturated rings. The van der Waals surface area contributed by atoms with Crippen LogP contribution in [0.4, 0.5) is 5.82 Å². The first-order valence-electron chi connectivity index (χ1n) is 5.94. The number of ether oxygens (including phenoxy) is 1. The molecule has 0 unspecified atom stereocenters. The van der Waals surface area contributed by atoms with Gasteiger partial charge in [-0.25, -0.2) is 4.98 Å². The zero-order chi connectivity index (χ0) is 13.0. The number of nitrogen functional groups attached to an aromatic ring is 1. The summed E-state index contributed by atoms with van der Waals surface area (Å²) in [4.78, 5) is 15.8. The fraction of sp³-hybridized carbons (Fsp3) is 0.500. The molecule has 1 amide bonds. The maximum Gasteiger partial charge on any atom is 0.252 e. The Morgan fingerprint density at radius 3 is 3.00 bits per heavy atom. The lowest BCUT2D eigenvalue weighted by Crippen LogP contribution is -2.32. The molecule has 0 radical (unpaired) electrons. The quantitative estimate of drug-likeness (QED) is 0.871. The molecule has 1 aromatic rings. The molecule has 1 aliphatic rings. The van der Waals surface area contributed by atoms with E-state index in [1.54, 1.807) is 0 Å². The number of pyridine rings is 1. The van der Waals surface area contributed by atoms with Crippen LogP contribution < -0.4 is 11.1 Å². The number of amides is 1.